The first-order valence-electron chi connectivity index (χ1n) is 4.12. The summed E-state index contributed by atoms with van der Waals surface area (Å²) < 4.78 is 0. The summed E-state index contributed by atoms with van der Waals surface area (Å²) in [6, 6.07) is 0. The van der Waals surface area contributed by atoms with Gasteiger partial charge >= 0.3 is 0 Å². The van der Waals surface area contributed by atoms with Crippen LogP contribution in [0.5, 0.6) is 0 Å². The Morgan fingerprint density at radius 1 is 1.45 bits per heavy atom. The Morgan fingerprint density at radius 3 is 2.55 bits per heavy atom. The number of rotatable bonds is 5. The van der Waals surface area contributed by atoms with E-state index in [9.17, 15) is 4.79 Å². The Balaban J connectivity index is 3.32. The zero-order valence-electron chi connectivity index (χ0n) is 7.39. The molecule has 62 valence electrons. The number of carbonyl (C=O) groups excluding carboxylic acids is 1. The molecular weight excluding hydrogens is 136 g/mol. The molecule has 0 aromatic carbocycles. The largest absolute Gasteiger partial charge is 0.300 e. The van der Waals surface area contributed by atoms with E-state index in [2.05, 4.69) is 19.8 Å². The summed E-state index contributed by atoms with van der Waals surface area (Å²) >= 11 is 0. The van der Waals surface area contributed by atoms with Crippen LogP contribution in [0, 0.1) is 18.3 Å². The van der Waals surface area contributed by atoms with Gasteiger partial charge in [-0.2, -0.15) is 0 Å². The van der Waals surface area contributed by atoms with E-state index in [0.717, 1.165) is 6.42 Å². The van der Waals surface area contributed by atoms with E-state index in [-0.39, 0.29) is 0 Å². The molecule has 0 unspecified atom stereocenters. The molecule has 0 rings (SSSR count). The van der Waals surface area contributed by atoms with Crippen molar-refractivity contribution in [2.75, 3.05) is 0 Å². The molecule has 0 amide bonds. The molecule has 0 radical (unpaired) electrons. The van der Waals surface area contributed by atoms with Gasteiger partial charge in [0.1, 0.15) is 5.78 Å². The molecule has 1 heteroatoms. The normalized spacial score (nSPS) is 9.64. The van der Waals surface area contributed by atoms with Crippen molar-refractivity contribution in [1.82, 2.24) is 0 Å². The van der Waals surface area contributed by atoms with Crippen LogP contribution >= 0.6 is 0 Å². The highest BCUT2D eigenvalue weighted by atomic mass is 16.1. The molecule has 0 saturated heterocycles. The maximum atomic E-state index is 11.0. The molecule has 0 aliphatic rings. The number of hydrogen-bond donors (Lipinski definition) is 0. The summed E-state index contributed by atoms with van der Waals surface area (Å²) in [5.41, 5.74) is 0. The first-order valence-corrected chi connectivity index (χ1v) is 4.12. The maximum absolute atomic E-state index is 11.0. The molecule has 1 nitrogen and oxygen atoms in total. The lowest BCUT2D eigenvalue weighted by molar-refractivity contribution is -0.119. The standard InChI is InChI=1S/C10H16O/c1-4-5-6-10(11)8-7-9(2)3/h1,9H,5-8H2,2-3H3. The van der Waals surface area contributed by atoms with Gasteiger partial charge in [-0.25, -0.2) is 0 Å². The van der Waals surface area contributed by atoms with E-state index >= 15 is 0 Å². The minimum absolute atomic E-state index is 0.302. The second-order valence-electron chi connectivity index (χ2n) is 3.18. The number of Topliss-reactive ketones (excluding diaryl/α,β-unsaturated/α-hetero) is 1. The Kier molecular flexibility index (Phi) is 5.56. The minimum Gasteiger partial charge on any atom is -0.300 e. The van der Waals surface area contributed by atoms with E-state index in [1.54, 1.807) is 0 Å². The van der Waals surface area contributed by atoms with Crippen LogP contribution in [0.2, 0.25) is 0 Å². The van der Waals surface area contributed by atoms with Gasteiger partial charge in [0.2, 0.25) is 0 Å². The SMILES string of the molecule is C#CCCC(=O)CCC(C)C. The predicted molar refractivity (Wildman–Crippen MR) is 47.1 cm³/mol. The topological polar surface area (TPSA) is 17.1 Å². The van der Waals surface area contributed by atoms with Gasteiger partial charge in [-0.15, -0.1) is 12.3 Å². The zero-order valence-corrected chi connectivity index (χ0v) is 7.39. The highest BCUT2D eigenvalue weighted by Gasteiger charge is 2.01. The van der Waals surface area contributed by atoms with Crippen LogP contribution in [0.1, 0.15) is 39.5 Å². The molecule has 0 atom stereocenters. The monoisotopic (exact) mass is 152 g/mol. The summed E-state index contributed by atoms with van der Waals surface area (Å²) in [6.07, 6.45) is 7.87. The van der Waals surface area contributed by atoms with E-state index < -0.39 is 0 Å². The van der Waals surface area contributed by atoms with Gasteiger partial charge in [0, 0.05) is 19.3 Å². The van der Waals surface area contributed by atoms with Crippen molar-refractivity contribution in [3.8, 4) is 12.3 Å². The molecule has 0 saturated carbocycles. The molecule has 0 N–H and O–H groups in total. The highest BCUT2D eigenvalue weighted by molar-refractivity contribution is 5.78. The number of carbonyl (C=O) groups is 1. The van der Waals surface area contributed by atoms with E-state index in [4.69, 9.17) is 6.42 Å². The highest BCUT2D eigenvalue weighted by Crippen LogP contribution is 2.05. The van der Waals surface area contributed by atoms with Crippen molar-refractivity contribution in [2.24, 2.45) is 5.92 Å². The molecule has 0 heterocycles. The van der Waals surface area contributed by atoms with Crippen molar-refractivity contribution < 1.29 is 4.79 Å². The smallest absolute Gasteiger partial charge is 0.133 e. The van der Waals surface area contributed by atoms with Crippen molar-refractivity contribution in [1.29, 1.82) is 0 Å². The van der Waals surface area contributed by atoms with Crippen LogP contribution in [0.3, 0.4) is 0 Å². The molecular formula is C10H16O. The van der Waals surface area contributed by atoms with Gasteiger partial charge < -0.3 is 0 Å². The van der Waals surface area contributed by atoms with Gasteiger partial charge in [-0.05, 0) is 12.3 Å². The lowest BCUT2D eigenvalue weighted by Crippen LogP contribution is -1.99. The second-order valence-corrected chi connectivity index (χ2v) is 3.18. The fourth-order valence-electron chi connectivity index (χ4n) is 0.786. The third-order valence-corrected chi connectivity index (χ3v) is 1.55. The third-order valence-electron chi connectivity index (χ3n) is 1.55. The Labute approximate surface area is 69.2 Å². The first-order chi connectivity index (χ1) is 5.16. The molecule has 0 aromatic heterocycles. The Morgan fingerprint density at radius 2 is 2.09 bits per heavy atom. The van der Waals surface area contributed by atoms with Crippen LogP contribution in [0.15, 0.2) is 0 Å². The summed E-state index contributed by atoms with van der Waals surface area (Å²) in [6.45, 7) is 4.24. The fraction of sp³-hybridized carbons (Fsp3) is 0.700. The first kappa shape index (κ1) is 10.2. The predicted octanol–water partition coefficient (Wildman–Crippen LogP) is 2.41. The lowest BCUT2D eigenvalue weighted by Gasteiger charge is -2.01. The fourth-order valence-corrected chi connectivity index (χ4v) is 0.786. The van der Waals surface area contributed by atoms with Crippen molar-refractivity contribution in [3.63, 3.8) is 0 Å². The summed E-state index contributed by atoms with van der Waals surface area (Å²) in [5.74, 6) is 3.38. The molecule has 0 bridgehead atoms. The number of ketones is 1. The second kappa shape index (κ2) is 5.97. The van der Waals surface area contributed by atoms with Crippen LogP contribution < -0.4 is 0 Å². The zero-order chi connectivity index (χ0) is 8.69. The van der Waals surface area contributed by atoms with Crippen molar-refractivity contribution >= 4 is 5.78 Å². The Bertz CT molecular complexity index is 151. The van der Waals surface area contributed by atoms with Gasteiger partial charge in [-0.3, -0.25) is 4.79 Å². The van der Waals surface area contributed by atoms with Gasteiger partial charge in [-0.1, -0.05) is 13.8 Å². The minimum atomic E-state index is 0.302. The molecule has 0 spiro atoms. The van der Waals surface area contributed by atoms with Gasteiger partial charge in [0.25, 0.3) is 0 Å². The Hall–Kier alpha value is -0.770. The summed E-state index contributed by atoms with van der Waals surface area (Å²) in [5, 5.41) is 0. The van der Waals surface area contributed by atoms with Crippen LogP contribution in [0.4, 0.5) is 0 Å². The maximum Gasteiger partial charge on any atom is 0.133 e. The summed E-state index contributed by atoms with van der Waals surface area (Å²) in [7, 11) is 0. The van der Waals surface area contributed by atoms with Crippen molar-refractivity contribution in [2.45, 2.75) is 39.5 Å². The molecule has 11 heavy (non-hydrogen) atoms. The molecule has 0 aliphatic heterocycles. The lowest BCUT2D eigenvalue weighted by atomic mass is 10.0. The van der Waals surface area contributed by atoms with Gasteiger partial charge in [0.15, 0.2) is 0 Å². The van der Waals surface area contributed by atoms with Crippen LogP contribution in [-0.4, -0.2) is 5.78 Å². The van der Waals surface area contributed by atoms with Crippen molar-refractivity contribution in [3.05, 3.63) is 0 Å². The quantitative estimate of drug-likeness (QED) is 0.553. The van der Waals surface area contributed by atoms with E-state index in [0.29, 0.717) is 31.0 Å². The summed E-state index contributed by atoms with van der Waals surface area (Å²) in [4.78, 5) is 11.0. The molecule has 0 aliphatic carbocycles. The average Bonchev–Trinajstić information content (AvgIpc) is 1.97. The number of hydrogen-bond acceptors (Lipinski definition) is 1. The third kappa shape index (κ3) is 7.12. The van der Waals surface area contributed by atoms with Gasteiger partial charge in [0.05, 0.1) is 0 Å². The van der Waals surface area contributed by atoms with E-state index in [1.165, 1.54) is 0 Å². The molecule has 0 fully saturated rings. The molecule has 0 aromatic rings. The van der Waals surface area contributed by atoms with E-state index in [1.807, 2.05) is 0 Å². The van der Waals surface area contributed by atoms with Crippen LogP contribution in [-0.2, 0) is 4.79 Å². The number of terminal acetylenes is 1. The van der Waals surface area contributed by atoms with Crippen LogP contribution in [0.25, 0.3) is 0 Å². The average molecular weight is 152 g/mol.